The number of hydrogen-bond acceptors (Lipinski definition) is 3. The number of ether oxygens (including phenoxy) is 1. The number of halogens is 1. The summed E-state index contributed by atoms with van der Waals surface area (Å²) in [6.45, 7) is 2.09. The summed E-state index contributed by atoms with van der Waals surface area (Å²) in [5, 5.41) is 0.509. The summed E-state index contributed by atoms with van der Waals surface area (Å²) in [4.78, 5) is 8.45. The zero-order chi connectivity index (χ0) is 12.3. The first-order chi connectivity index (χ1) is 8.22. The molecule has 17 heavy (non-hydrogen) atoms. The SMILES string of the molecule is CCc1cc(Cl)nc(-c2ccc(OC)nc2)c1. The summed E-state index contributed by atoms with van der Waals surface area (Å²) in [6.07, 6.45) is 2.66. The van der Waals surface area contributed by atoms with Crippen LogP contribution in [0.3, 0.4) is 0 Å². The average molecular weight is 249 g/mol. The Morgan fingerprint density at radius 3 is 2.71 bits per heavy atom. The maximum Gasteiger partial charge on any atom is 0.212 e. The first kappa shape index (κ1) is 11.9. The Morgan fingerprint density at radius 1 is 1.29 bits per heavy atom. The predicted octanol–water partition coefficient (Wildman–Crippen LogP) is 3.37. The Labute approximate surface area is 105 Å². The van der Waals surface area contributed by atoms with Crippen molar-refractivity contribution in [1.29, 1.82) is 0 Å². The molecule has 0 bridgehead atoms. The fraction of sp³-hybridized carbons (Fsp3) is 0.231. The van der Waals surface area contributed by atoms with Crippen molar-refractivity contribution >= 4 is 11.6 Å². The fourth-order valence-corrected chi connectivity index (χ4v) is 1.79. The van der Waals surface area contributed by atoms with Crippen LogP contribution in [0, 0.1) is 0 Å². The van der Waals surface area contributed by atoms with Crippen LogP contribution in [0.1, 0.15) is 12.5 Å². The molecular formula is C13H13ClN2O. The van der Waals surface area contributed by atoms with Gasteiger partial charge < -0.3 is 4.74 Å². The number of methoxy groups -OCH3 is 1. The van der Waals surface area contributed by atoms with Gasteiger partial charge in [-0.15, -0.1) is 0 Å². The van der Waals surface area contributed by atoms with Crippen LogP contribution < -0.4 is 4.74 Å². The molecule has 0 N–H and O–H groups in total. The van der Waals surface area contributed by atoms with Crippen molar-refractivity contribution in [3.05, 3.63) is 41.2 Å². The summed E-state index contributed by atoms with van der Waals surface area (Å²) >= 11 is 5.98. The van der Waals surface area contributed by atoms with Crippen LogP contribution in [0.25, 0.3) is 11.3 Å². The summed E-state index contributed by atoms with van der Waals surface area (Å²) in [6, 6.07) is 7.63. The lowest BCUT2D eigenvalue weighted by Gasteiger charge is -2.05. The minimum atomic E-state index is 0.509. The maximum atomic E-state index is 5.98. The fourth-order valence-electron chi connectivity index (χ4n) is 1.55. The molecule has 0 saturated heterocycles. The molecular weight excluding hydrogens is 236 g/mol. The second-order valence-corrected chi connectivity index (χ2v) is 4.01. The zero-order valence-electron chi connectivity index (χ0n) is 9.77. The molecule has 0 aliphatic rings. The van der Waals surface area contributed by atoms with Gasteiger partial charge in [0.25, 0.3) is 0 Å². The van der Waals surface area contributed by atoms with Gasteiger partial charge in [0.15, 0.2) is 0 Å². The lowest BCUT2D eigenvalue weighted by Crippen LogP contribution is -1.91. The molecule has 0 unspecified atom stereocenters. The molecule has 0 radical (unpaired) electrons. The first-order valence-corrected chi connectivity index (χ1v) is 5.77. The van der Waals surface area contributed by atoms with Crippen molar-refractivity contribution in [3.63, 3.8) is 0 Å². The summed E-state index contributed by atoms with van der Waals surface area (Å²) in [5.74, 6) is 0.589. The third-order valence-corrected chi connectivity index (χ3v) is 2.70. The van der Waals surface area contributed by atoms with E-state index in [-0.39, 0.29) is 0 Å². The van der Waals surface area contributed by atoms with Crippen LogP contribution in [0.2, 0.25) is 5.15 Å². The van der Waals surface area contributed by atoms with Gasteiger partial charge in [0.1, 0.15) is 5.15 Å². The summed E-state index contributed by atoms with van der Waals surface area (Å²) in [5.41, 5.74) is 2.93. The lowest BCUT2D eigenvalue weighted by atomic mass is 10.1. The van der Waals surface area contributed by atoms with Gasteiger partial charge >= 0.3 is 0 Å². The van der Waals surface area contributed by atoms with Crippen LogP contribution in [0.5, 0.6) is 5.88 Å². The number of aryl methyl sites for hydroxylation is 1. The van der Waals surface area contributed by atoms with Gasteiger partial charge in [-0.2, -0.15) is 0 Å². The Bertz CT molecular complexity index is 511. The lowest BCUT2D eigenvalue weighted by molar-refractivity contribution is 0.398. The Hall–Kier alpha value is -1.61. The molecule has 4 heteroatoms. The monoisotopic (exact) mass is 248 g/mol. The van der Waals surface area contributed by atoms with E-state index in [1.165, 1.54) is 0 Å². The van der Waals surface area contributed by atoms with Crippen LogP contribution in [0.15, 0.2) is 30.5 Å². The van der Waals surface area contributed by atoms with Gasteiger partial charge in [-0.25, -0.2) is 9.97 Å². The highest BCUT2D eigenvalue weighted by atomic mass is 35.5. The molecule has 3 nitrogen and oxygen atoms in total. The molecule has 2 rings (SSSR count). The molecule has 0 amide bonds. The second kappa shape index (κ2) is 5.15. The number of pyridine rings is 2. The van der Waals surface area contributed by atoms with E-state index < -0.39 is 0 Å². The molecule has 0 aliphatic carbocycles. The van der Waals surface area contributed by atoms with Gasteiger partial charge in [-0.1, -0.05) is 18.5 Å². The van der Waals surface area contributed by atoms with Gasteiger partial charge in [-0.05, 0) is 30.2 Å². The van der Waals surface area contributed by atoms with E-state index in [2.05, 4.69) is 16.9 Å². The predicted molar refractivity (Wildman–Crippen MR) is 68.4 cm³/mol. The van der Waals surface area contributed by atoms with Crippen molar-refractivity contribution < 1.29 is 4.74 Å². The van der Waals surface area contributed by atoms with Crippen molar-refractivity contribution in [3.8, 4) is 17.1 Å². The molecule has 2 aromatic heterocycles. The number of hydrogen-bond donors (Lipinski definition) is 0. The molecule has 2 aromatic rings. The quantitative estimate of drug-likeness (QED) is 0.782. The smallest absolute Gasteiger partial charge is 0.212 e. The third-order valence-electron chi connectivity index (χ3n) is 2.50. The van der Waals surface area contributed by atoms with Gasteiger partial charge in [0.2, 0.25) is 5.88 Å². The number of aromatic nitrogens is 2. The highest BCUT2D eigenvalue weighted by Gasteiger charge is 2.04. The molecule has 0 aromatic carbocycles. The second-order valence-electron chi connectivity index (χ2n) is 3.63. The molecule has 0 spiro atoms. The van der Waals surface area contributed by atoms with Gasteiger partial charge in [-0.3, -0.25) is 0 Å². The minimum Gasteiger partial charge on any atom is -0.481 e. The van der Waals surface area contributed by atoms with E-state index in [1.807, 2.05) is 24.3 Å². The van der Waals surface area contributed by atoms with Crippen LogP contribution in [-0.4, -0.2) is 17.1 Å². The van der Waals surface area contributed by atoms with E-state index in [4.69, 9.17) is 16.3 Å². The molecule has 0 saturated carbocycles. The standard InChI is InChI=1S/C13H13ClN2O/c1-3-9-6-11(16-12(14)7-9)10-4-5-13(17-2)15-8-10/h4-8H,3H2,1-2H3. The first-order valence-electron chi connectivity index (χ1n) is 5.40. The number of nitrogens with zero attached hydrogens (tertiary/aromatic N) is 2. The van der Waals surface area contributed by atoms with E-state index in [9.17, 15) is 0 Å². The molecule has 0 atom stereocenters. The maximum absolute atomic E-state index is 5.98. The molecule has 88 valence electrons. The summed E-state index contributed by atoms with van der Waals surface area (Å²) < 4.78 is 5.02. The van der Waals surface area contributed by atoms with E-state index >= 15 is 0 Å². The molecule has 0 aliphatic heterocycles. The Morgan fingerprint density at radius 2 is 2.12 bits per heavy atom. The minimum absolute atomic E-state index is 0.509. The topological polar surface area (TPSA) is 35.0 Å². The van der Waals surface area contributed by atoms with E-state index in [0.717, 1.165) is 23.2 Å². The Balaban J connectivity index is 2.41. The van der Waals surface area contributed by atoms with Crippen LogP contribution >= 0.6 is 11.6 Å². The van der Waals surface area contributed by atoms with Crippen molar-refractivity contribution in [1.82, 2.24) is 9.97 Å². The van der Waals surface area contributed by atoms with Crippen LogP contribution in [0.4, 0.5) is 0 Å². The van der Waals surface area contributed by atoms with E-state index in [0.29, 0.717) is 11.0 Å². The van der Waals surface area contributed by atoms with E-state index in [1.54, 1.807) is 13.3 Å². The van der Waals surface area contributed by atoms with Gasteiger partial charge in [0, 0.05) is 17.8 Å². The Kier molecular flexibility index (Phi) is 3.59. The molecule has 2 heterocycles. The normalized spacial score (nSPS) is 10.3. The van der Waals surface area contributed by atoms with Crippen molar-refractivity contribution in [2.75, 3.05) is 7.11 Å². The molecule has 0 fully saturated rings. The third kappa shape index (κ3) is 2.74. The van der Waals surface area contributed by atoms with Crippen molar-refractivity contribution in [2.45, 2.75) is 13.3 Å². The average Bonchev–Trinajstić information content (AvgIpc) is 2.38. The largest absolute Gasteiger partial charge is 0.481 e. The highest BCUT2D eigenvalue weighted by Crippen LogP contribution is 2.22. The zero-order valence-corrected chi connectivity index (χ0v) is 10.5. The summed E-state index contributed by atoms with van der Waals surface area (Å²) in [7, 11) is 1.59. The number of rotatable bonds is 3. The van der Waals surface area contributed by atoms with Gasteiger partial charge in [0.05, 0.1) is 12.8 Å². The van der Waals surface area contributed by atoms with Crippen LogP contribution in [-0.2, 0) is 6.42 Å². The van der Waals surface area contributed by atoms with Crippen molar-refractivity contribution in [2.24, 2.45) is 0 Å². The highest BCUT2D eigenvalue weighted by molar-refractivity contribution is 6.29.